The number of anilines is 1. The Hall–Kier alpha value is -1.91. The molecule has 0 aliphatic rings. The smallest absolute Gasteiger partial charge is 0.412 e. The Morgan fingerprint density at radius 2 is 2.00 bits per heavy atom. The molecule has 0 fully saturated rings. The monoisotopic (exact) mass is 253 g/mol. The quantitative estimate of drug-likeness (QED) is 0.823. The average molecular weight is 253 g/mol. The molecule has 98 valence electrons. The molecule has 1 N–H and O–H groups in total. The maximum Gasteiger partial charge on any atom is 0.412 e. The lowest BCUT2D eigenvalue weighted by Gasteiger charge is -2.20. The number of aldehydes is 1. The maximum atomic E-state index is 13.5. The van der Waals surface area contributed by atoms with Gasteiger partial charge in [-0.2, -0.15) is 0 Å². The molecule has 0 aliphatic carbocycles. The van der Waals surface area contributed by atoms with Crippen molar-refractivity contribution in [2.45, 2.75) is 33.3 Å². The van der Waals surface area contributed by atoms with Crippen LogP contribution in [0.15, 0.2) is 12.1 Å². The minimum Gasteiger partial charge on any atom is -0.444 e. The Morgan fingerprint density at radius 3 is 2.50 bits per heavy atom. The molecule has 0 saturated carbocycles. The summed E-state index contributed by atoms with van der Waals surface area (Å²) in [7, 11) is 0. The van der Waals surface area contributed by atoms with Crippen molar-refractivity contribution < 1.29 is 18.7 Å². The van der Waals surface area contributed by atoms with E-state index in [1.807, 2.05) is 0 Å². The SMILES string of the molecule is Cc1c(F)cc(C=O)cc1NC(=O)OC(C)(C)C. The molecular formula is C13H16FNO3. The summed E-state index contributed by atoms with van der Waals surface area (Å²) in [6, 6.07) is 2.51. The first-order valence-corrected chi connectivity index (χ1v) is 5.48. The highest BCUT2D eigenvalue weighted by Crippen LogP contribution is 2.21. The Balaban J connectivity index is 2.94. The van der Waals surface area contributed by atoms with Crippen LogP contribution in [0.4, 0.5) is 14.9 Å². The van der Waals surface area contributed by atoms with Crippen molar-refractivity contribution in [2.75, 3.05) is 5.32 Å². The van der Waals surface area contributed by atoms with E-state index in [0.29, 0.717) is 6.29 Å². The number of rotatable bonds is 2. The van der Waals surface area contributed by atoms with Gasteiger partial charge in [-0.25, -0.2) is 9.18 Å². The first-order valence-electron chi connectivity index (χ1n) is 5.48. The molecule has 0 saturated heterocycles. The van der Waals surface area contributed by atoms with Gasteiger partial charge in [-0.05, 0) is 39.8 Å². The summed E-state index contributed by atoms with van der Waals surface area (Å²) in [6.07, 6.45) is -0.170. The van der Waals surface area contributed by atoms with E-state index in [1.54, 1.807) is 20.8 Å². The molecule has 1 rings (SSSR count). The maximum absolute atomic E-state index is 13.5. The fourth-order valence-electron chi connectivity index (χ4n) is 1.31. The third kappa shape index (κ3) is 3.84. The third-order valence-corrected chi connectivity index (χ3v) is 2.14. The molecule has 0 atom stereocenters. The zero-order valence-electron chi connectivity index (χ0n) is 10.8. The van der Waals surface area contributed by atoms with Gasteiger partial charge in [-0.3, -0.25) is 10.1 Å². The summed E-state index contributed by atoms with van der Waals surface area (Å²) in [5.41, 5.74) is 0.000634. The molecule has 1 amide bonds. The molecule has 0 aliphatic heterocycles. The Morgan fingerprint density at radius 1 is 1.39 bits per heavy atom. The van der Waals surface area contributed by atoms with E-state index < -0.39 is 17.5 Å². The average Bonchev–Trinajstić information content (AvgIpc) is 2.21. The summed E-state index contributed by atoms with van der Waals surface area (Å²) in [5, 5.41) is 2.42. The van der Waals surface area contributed by atoms with E-state index in [4.69, 9.17) is 4.74 Å². The number of halogens is 1. The van der Waals surface area contributed by atoms with Gasteiger partial charge in [0.05, 0.1) is 5.69 Å². The van der Waals surface area contributed by atoms with Crippen LogP contribution in [0.5, 0.6) is 0 Å². The molecule has 0 radical (unpaired) electrons. The number of carbonyl (C=O) groups is 2. The fourth-order valence-corrected chi connectivity index (χ4v) is 1.31. The Labute approximate surface area is 105 Å². The second-order valence-electron chi connectivity index (χ2n) is 4.92. The van der Waals surface area contributed by atoms with Crippen LogP contribution >= 0.6 is 0 Å². The number of nitrogens with one attached hydrogen (secondary N) is 1. The summed E-state index contributed by atoms with van der Waals surface area (Å²) >= 11 is 0. The highest BCUT2D eigenvalue weighted by molar-refractivity contribution is 5.88. The van der Waals surface area contributed by atoms with E-state index in [9.17, 15) is 14.0 Å². The van der Waals surface area contributed by atoms with Gasteiger partial charge in [0.1, 0.15) is 17.7 Å². The normalized spacial score (nSPS) is 10.9. The lowest BCUT2D eigenvalue weighted by Crippen LogP contribution is -2.27. The summed E-state index contributed by atoms with van der Waals surface area (Å²) < 4.78 is 18.5. The minimum absolute atomic E-state index is 0.157. The van der Waals surface area contributed by atoms with Crippen LogP contribution in [0, 0.1) is 12.7 Å². The topological polar surface area (TPSA) is 55.4 Å². The fraction of sp³-hybridized carbons (Fsp3) is 0.385. The molecule has 0 unspecified atom stereocenters. The van der Waals surface area contributed by atoms with Crippen molar-refractivity contribution in [3.05, 3.63) is 29.1 Å². The van der Waals surface area contributed by atoms with Crippen LogP contribution < -0.4 is 5.32 Å². The Bertz CT molecular complexity index is 478. The molecule has 5 heteroatoms. The molecule has 0 spiro atoms. The van der Waals surface area contributed by atoms with Crippen LogP contribution in [-0.4, -0.2) is 18.0 Å². The van der Waals surface area contributed by atoms with Crippen molar-refractivity contribution >= 4 is 18.1 Å². The van der Waals surface area contributed by atoms with Crippen molar-refractivity contribution in [3.63, 3.8) is 0 Å². The van der Waals surface area contributed by atoms with Gasteiger partial charge in [0.25, 0.3) is 0 Å². The first-order chi connectivity index (χ1) is 8.23. The summed E-state index contributed by atoms with van der Waals surface area (Å²) in [5.74, 6) is -0.550. The number of hydrogen-bond donors (Lipinski definition) is 1. The molecule has 1 aromatic rings. The van der Waals surface area contributed by atoms with E-state index >= 15 is 0 Å². The van der Waals surface area contributed by atoms with Crippen molar-refractivity contribution in [1.82, 2.24) is 0 Å². The van der Waals surface area contributed by atoms with Crippen molar-refractivity contribution in [1.29, 1.82) is 0 Å². The largest absolute Gasteiger partial charge is 0.444 e. The van der Waals surface area contributed by atoms with Gasteiger partial charge in [0.2, 0.25) is 0 Å². The van der Waals surface area contributed by atoms with E-state index in [2.05, 4.69) is 5.32 Å². The lowest BCUT2D eigenvalue weighted by molar-refractivity contribution is 0.0635. The van der Waals surface area contributed by atoms with Gasteiger partial charge >= 0.3 is 6.09 Å². The second kappa shape index (κ2) is 5.16. The Kier molecular flexibility index (Phi) is 4.06. The molecular weight excluding hydrogens is 237 g/mol. The predicted molar refractivity (Wildman–Crippen MR) is 66.4 cm³/mol. The summed E-state index contributed by atoms with van der Waals surface area (Å²) in [6.45, 7) is 6.68. The van der Waals surface area contributed by atoms with E-state index in [1.165, 1.54) is 13.0 Å². The van der Waals surface area contributed by atoms with Gasteiger partial charge in [0.15, 0.2) is 0 Å². The van der Waals surface area contributed by atoms with Gasteiger partial charge in [-0.15, -0.1) is 0 Å². The van der Waals surface area contributed by atoms with Crippen LogP contribution in [0.3, 0.4) is 0 Å². The number of ether oxygens (including phenoxy) is 1. The molecule has 1 aromatic carbocycles. The van der Waals surface area contributed by atoms with Crippen LogP contribution in [0.25, 0.3) is 0 Å². The molecule has 0 heterocycles. The lowest BCUT2D eigenvalue weighted by atomic mass is 10.1. The van der Waals surface area contributed by atoms with Crippen LogP contribution in [-0.2, 0) is 4.74 Å². The standard InChI is InChI=1S/C13H16FNO3/c1-8-10(14)5-9(7-16)6-11(8)15-12(17)18-13(2,3)4/h5-7H,1-4H3,(H,15,17). The molecule has 4 nitrogen and oxygen atoms in total. The number of amides is 1. The number of hydrogen-bond acceptors (Lipinski definition) is 3. The zero-order chi connectivity index (χ0) is 13.9. The number of carbonyl (C=O) groups excluding carboxylic acids is 2. The van der Waals surface area contributed by atoms with Gasteiger partial charge in [-0.1, -0.05) is 0 Å². The third-order valence-electron chi connectivity index (χ3n) is 2.14. The minimum atomic E-state index is -0.687. The van der Waals surface area contributed by atoms with Gasteiger partial charge < -0.3 is 4.74 Å². The molecule has 0 aromatic heterocycles. The van der Waals surface area contributed by atoms with Crippen LogP contribution in [0.1, 0.15) is 36.7 Å². The van der Waals surface area contributed by atoms with Crippen LogP contribution in [0.2, 0.25) is 0 Å². The van der Waals surface area contributed by atoms with Gasteiger partial charge in [0, 0.05) is 11.1 Å². The zero-order valence-corrected chi connectivity index (χ0v) is 10.8. The van der Waals surface area contributed by atoms with Crippen molar-refractivity contribution in [2.24, 2.45) is 0 Å². The van der Waals surface area contributed by atoms with Crippen molar-refractivity contribution in [3.8, 4) is 0 Å². The predicted octanol–water partition coefficient (Wildman–Crippen LogP) is 3.29. The summed E-state index contributed by atoms with van der Waals surface area (Å²) in [4.78, 5) is 22.2. The van der Waals surface area contributed by atoms with E-state index in [-0.39, 0.29) is 16.8 Å². The molecule has 18 heavy (non-hydrogen) atoms. The highest BCUT2D eigenvalue weighted by atomic mass is 19.1. The molecule has 0 bridgehead atoms. The number of benzene rings is 1. The van der Waals surface area contributed by atoms with E-state index in [0.717, 1.165) is 6.07 Å². The highest BCUT2D eigenvalue weighted by Gasteiger charge is 2.17. The second-order valence-corrected chi connectivity index (χ2v) is 4.92. The first kappa shape index (κ1) is 14.2.